The van der Waals surface area contributed by atoms with Crippen LogP contribution in [0.5, 0.6) is 0 Å². The van der Waals surface area contributed by atoms with E-state index in [4.69, 9.17) is 0 Å². The maximum absolute atomic E-state index is 13.2. The third-order valence-electron chi connectivity index (χ3n) is 4.55. The lowest BCUT2D eigenvalue weighted by atomic mass is 10.2. The highest BCUT2D eigenvalue weighted by Gasteiger charge is 2.18. The van der Waals surface area contributed by atoms with Crippen LogP contribution >= 0.6 is 0 Å². The first-order valence-electron chi connectivity index (χ1n) is 9.83. The molecule has 31 heavy (non-hydrogen) atoms. The zero-order valence-corrected chi connectivity index (χ0v) is 17.5. The molecule has 0 aliphatic carbocycles. The molecule has 0 spiro atoms. The molecule has 0 fully saturated rings. The maximum atomic E-state index is 13.2. The standard InChI is InChI=1S/C21H23FN4O4S/c22-16-7-4-6-15(12-16)21(28)24-14-20(27)25-17-8-5-9-18(13-17)31(29,30)26-19-10-2-1-3-11-23-19/h4-9,12-13H,1-3,10-11,14H2,(H,23,26)(H,24,28)(H,25,27). The van der Waals surface area contributed by atoms with Crippen LogP contribution < -0.4 is 15.4 Å². The van der Waals surface area contributed by atoms with Gasteiger partial charge in [-0.1, -0.05) is 18.6 Å². The van der Waals surface area contributed by atoms with E-state index in [9.17, 15) is 22.4 Å². The van der Waals surface area contributed by atoms with Gasteiger partial charge in [-0.05, 0) is 49.2 Å². The fourth-order valence-electron chi connectivity index (χ4n) is 3.01. The van der Waals surface area contributed by atoms with Crippen LogP contribution in [-0.2, 0) is 14.8 Å². The van der Waals surface area contributed by atoms with Crippen molar-refractivity contribution < 1.29 is 22.4 Å². The molecule has 2 amide bonds. The second-order valence-corrected chi connectivity index (χ2v) is 8.70. The molecule has 0 saturated heterocycles. The molecule has 0 aromatic heterocycles. The van der Waals surface area contributed by atoms with Crippen molar-refractivity contribution in [3.8, 4) is 0 Å². The fourth-order valence-corrected chi connectivity index (χ4v) is 4.14. The number of nitrogens with zero attached hydrogens (tertiary/aromatic N) is 1. The van der Waals surface area contributed by atoms with Crippen molar-refractivity contribution in [2.24, 2.45) is 4.99 Å². The summed E-state index contributed by atoms with van der Waals surface area (Å²) >= 11 is 0. The van der Waals surface area contributed by atoms with Gasteiger partial charge >= 0.3 is 0 Å². The van der Waals surface area contributed by atoms with Crippen molar-refractivity contribution in [3.05, 3.63) is 59.9 Å². The number of amides is 2. The van der Waals surface area contributed by atoms with Crippen molar-refractivity contribution in [1.29, 1.82) is 0 Å². The number of carbonyl (C=O) groups is 2. The molecule has 2 aromatic rings. The predicted molar refractivity (Wildman–Crippen MR) is 115 cm³/mol. The van der Waals surface area contributed by atoms with Crippen LogP contribution in [0.4, 0.5) is 10.1 Å². The molecule has 164 valence electrons. The molecule has 0 radical (unpaired) electrons. The lowest BCUT2D eigenvalue weighted by molar-refractivity contribution is -0.115. The van der Waals surface area contributed by atoms with E-state index in [1.807, 2.05) is 0 Å². The Morgan fingerprint density at radius 3 is 2.65 bits per heavy atom. The summed E-state index contributed by atoms with van der Waals surface area (Å²) in [5, 5.41) is 4.92. The van der Waals surface area contributed by atoms with Crippen LogP contribution in [0.2, 0.25) is 0 Å². The number of rotatable bonds is 6. The smallest absolute Gasteiger partial charge is 0.262 e. The number of aliphatic imine (C=N–C) groups is 1. The van der Waals surface area contributed by atoms with Gasteiger partial charge in [-0.25, -0.2) is 12.8 Å². The topological polar surface area (TPSA) is 117 Å². The highest BCUT2D eigenvalue weighted by atomic mass is 32.2. The second-order valence-electron chi connectivity index (χ2n) is 7.01. The van der Waals surface area contributed by atoms with Crippen LogP contribution in [-0.4, -0.2) is 39.2 Å². The second kappa shape index (κ2) is 10.2. The maximum Gasteiger partial charge on any atom is 0.262 e. The molecule has 0 unspecified atom stereocenters. The van der Waals surface area contributed by atoms with Crippen LogP contribution in [0.1, 0.15) is 36.0 Å². The van der Waals surface area contributed by atoms with Gasteiger partial charge in [0.05, 0.1) is 11.4 Å². The minimum absolute atomic E-state index is 0.0129. The lowest BCUT2D eigenvalue weighted by Gasteiger charge is -2.11. The minimum atomic E-state index is -3.84. The van der Waals surface area contributed by atoms with E-state index in [1.54, 1.807) is 0 Å². The largest absolute Gasteiger partial charge is 0.343 e. The van der Waals surface area contributed by atoms with E-state index < -0.39 is 27.7 Å². The van der Waals surface area contributed by atoms with Gasteiger partial charge in [0, 0.05) is 24.2 Å². The molecular formula is C21H23FN4O4S. The summed E-state index contributed by atoms with van der Waals surface area (Å²) in [6.45, 7) is 0.233. The number of hydrogen-bond donors (Lipinski definition) is 3. The Morgan fingerprint density at radius 2 is 1.84 bits per heavy atom. The first-order valence-corrected chi connectivity index (χ1v) is 11.3. The molecule has 0 bridgehead atoms. The Hall–Kier alpha value is -3.27. The monoisotopic (exact) mass is 446 g/mol. The molecular weight excluding hydrogens is 423 g/mol. The number of benzene rings is 2. The van der Waals surface area contributed by atoms with E-state index in [0.717, 1.165) is 25.3 Å². The van der Waals surface area contributed by atoms with E-state index in [1.165, 1.54) is 42.5 Å². The van der Waals surface area contributed by atoms with E-state index >= 15 is 0 Å². The van der Waals surface area contributed by atoms with Crippen molar-refractivity contribution >= 4 is 33.4 Å². The molecule has 0 atom stereocenters. The number of amidine groups is 1. The molecule has 8 nitrogen and oxygen atoms in total. The van der Waals surface area contributed by atoms with Crippen molar-refractivity contribution in [3.63, 3.8) is 0 Å². The lowest BCUT2D eigenvalue weighted by Crippen LogP contribution is -2.33. The normalized spacial score (nSPS) is 14.2. The van der Waals surface area contributed by atoms with E-state index in [-0.39, 0.29) is 22.7 Å². The summed E-state index contributed by atoms with van der Waals surface area (Å²) in [5.41, 5.74) is 0.351. The van der Waals surface area contributed by atoms with Gasteiger partial charge in [-0.15, -0.1) is 0 Å². The predicted octanol–water partition coefficient (Wildman–Crippen LogP) is 2.45. The Morgan fingerprint density at radius 1 is 1.03 bits per heavy atom. The van der Waals surface area contributed by atoms with Crippen LogP contribution in [0.25, 0.3) is 0 Å². The first kappa shape index (κ1) is 22.4. The van der Waals surface area contributed by atoms with Crippen LogP contribution in [0, 0.1) is 5.82 Å². The highest BCUT2D eigenvalue weighted by Crippen LogP contribution is 2.16. The molecule has 10 heteroatoms. The van der Waals surface area contributed by atoms with Gasteiger partial charge in [0.2, 0.25) is 5.91 Å². The van der Waals surface area contributed by atoms with Crippen LogP contribution in [0.3, 0.4) is 0 Å². The minimum Gasteiger partial charge on any atom is -0.343 e. The Bertz CT molecular complexity index is 1100. The third kappa shape index (κ3) is 6.61. The zero-order chi connectivity index (χ0) is 22.3. The number of carbonyl (C=O) groups excluding carboxylic acids is 2. The number of halogens is 1. The summed E-state index contributed by atoms with van der Waals surface area (Å²) < 4.78 is 41.0. The van der Waals surface area contributed by atoms with E-state index in [2.05, 4.69) is 20.3 Å². The summed E-state index contributed by atoms with van der Waals surface area (Å²) in [5.74, 6) is -1.27. The first-order chi connectivity index (χ1) is 14.8. The van der Waals surface area contributed by atoms with Gasteiger partial charge in [0.25, 0.3) is 15.9 Å². The molecule has 3 N–H and O–H groups in total. The average molecular weight is 447 g/mol. The molecule has 3 rings (SSSR count). The number of anilines is 1. The summed E-state index contributed by atoms with van der Waals surface area (Å²) in [4.78, 5) is 28.4. The summed E-state index contributed by atoms with van der Waals surface area (Å²) in [6, 6.07) is 10.9. The Balaban J connectivity index is 1.59. The number of nitrogens with one attached hydrogen (secondary N) is 3. The fraction of sp³-hybridized carbons (Fsp3) is 0.286. The zero-order valence-electron chi connectivity index (χ0n) is 16.7. The number of hydrogen-bond acceptors (Lipinski definition) is 5. The quantitative estimate of drug-likeness (QED) is 0.632. The van der Waals surface area contributed by atoms with Crippen molar-refractivity contribution in [1.82, 2.24) is 10.0 Å². The third-order valence-corrected chi connectivity index (χ3v) is 5.93. The average Bonchev–Trinajstić information content (AvgIpc) is 3.00. The summed E-state index contributed by atoms with van der Waals surface area (Å²) in [7, 11) is -3.84. The van der Waals surface area contributed by atoms with Crippen LogP contribution in [0.15, 0.2) is 58.4 Å². The van der Waals surface area contributed by atoms with Gasteiger partial charge in [-0.3, -0.25) is 19.3 Å². The Kier molecular flexibility index (Phi) is 7.35. The van der Waals surface area contributed by atoms with Gasteiger partial charge < -0.3 is 10.6 Å². The molecule has 2 aromatic carbocycles. The summed E-state index contributed by atoms with van der Waals surface area (Å²) in [6.07, 6.45) is 3.38. The SMILES string of the molecule is O=C(CNC(=O)c1cccc(F)c1)Nc1cccc(S(=O)(=O)NC2=NCCCCC2)c1. The van der Waals surface area contributed by atoms with E-state index in [0.29, 0.717) is 18.8 Å². The molecule has 1 aliphatic heterocycles. The van der Waals surface area contributed by atoms with Gasteiger partial charge in [0.1, 0.15) is 11.7 Å². The van der Waals surface area contributed by atoms with Crippen molar-refractivity contribution in [2.45, 2.75) is 30.6 Å². The Labute approximate surface area is 180 Å². The van der Waals surface area contributed by atoms with Gasteiger partial charge in [-0.2, -0.15) is 0 Å². The molecule has 0 saturated carbocycles. The number of sulfonamides is 1. The van der Waals surface area contributed by atoms with Gasteiger partial charge in [0.15, 0.2) is 0 Å². The van der Waals surface area contributed by atoms with Crippen molar-refractivity contribution in [2.75, 3.05) is 18.4 Å². The molecule has 1 aliphatic rings. The highest BCUT2D eigenvalue weighted by molar-refractivity contribution is 7.90. The molecule has 1 heterocycles.